The van der Waals surface area contributed by atoms with Crippen LogP contribution in [0.2, 0.25) is 0 Å². The molecule has 1 amide bonds. The molecule has 0 saturated carbocycles. The van der Waals surface area contributed by atoms with Crippen LogP contribution < -0.4 is 5.32 Å². The maximum atomic E-state index is 11.1. The van der Waals surface area contributed by atoms with Gasteiger partial charge in [-0.05, 0) is 6.42 Å². The Morgan fingerprint density at radius 2 is 2.00 bits per heavy atom. The van der Waals surface area contributed by atoms with Crippen LogP contribution in [0.15, 0.2) is 6.20 Å². The predicted octanol–water partition coefficient (Wildman–Crippen LogP) is 0.861. The molecule has 0 unspecified atom stereocenters. The zero-order valence-electron chi connectivity index (χ0n) is 14.2. The van der Waals surface area contributed by atoms with Gasteiger partial charge in [-0.15, -0.1) is 0 Å². The average Bonchev–Trinajstić information content (AvgIpc) is 2.92. The monoisotopic (exact) mass is 506 g/mol. The van der Waals surface area contributed by atoms with Gasteiger partial charge in [-0.25, -0.2) is 6.92 Å². The van der Waals surface area contributed by atoms with E-state index >= 15 is 0 Å². The van der Waals surface area contributed by atoms with Crippen molar-refractivity contribution in [3.63, 3.8) is 0 Å². The van der Waals surface area contributed by atoms with Gasteiger partial charge in [0.05, 0.1) is 26.4 Å². The van der Waals surface area contributed by atoms with Crippen molar-refractivity contribution in [2.24, 2.45) is 0 Å². The quantitative estimate of drug-likeness (QED) is 0.274. The summed E-state index contributed by atoms with van der Waals surface area (Å²) in [5.41, 5.74) is 0.651. The molecular weight excluding hydrogens is 480 g/mol. The Bertz CT molecular complexity index is 460. The number of aromatic nitrogens is 3. The molecule has 1 aromatic rings. The summed E-state index contributed by atoms with van der Waals surface area (Å²) >= 11 is 0. The van der Waals surface area contributed by atoms with E-state index in [1.807, 2.05) is 12.8 Å². The first kappa shape index (κ1) is 24.8. The minimum Gasteiger partial charge on any atom is -0.377 e. The number of terminal acetylenes is 1. The van der Waals surface area contributed by atoms with E-state index in [-0.39, 0.29) is 27.0 Å². The fourth-order valence-corrected chi connectivity index (χ4v) is 1.51. The third kappa shape index (κ3) is 15.4. The van der Waals surface area contributed by atoms with E-state index in [0.29, 0.717) is 51.6 Å². The van der Waals surface area contributed by atoms with E-state index in [0.717, 1.165) is 6.42 Å². The summed E-state index contributed by atoms with van der Waals surface area (Å²) in [7, 11) is 0. The molecule has 8 heteroatoms. The molecule has 0 atom stereocenters. The molecule has 0 aliphatic carbocycles. The summed E-state index contributed by atoms with van der Waals surface area (Å²) in [5.74, 6) is 2.07. The summed E-state index contributed by atoms with van der Waals surface area (Å²) in [6.07, 6.45) is 7.68. The summed E-state index contributed by atoms with van der Waals surface area (Å²) < 4.78 is 12.4. The zero-order valence-corrected chi connectivity index (χ0v) is 17.1. The maximum Gasteiger partial charge on any atom is 2.00 e. The third-order valence-electron chi connectivity index (χ3n) is 2.47. The summed E-state index contributed by atoms with van der Waals surface area (Å²) in [5, 5.41) is 10.4. The van der Waals surface area contributed by atoms with Crippen LogP contribution in [-0.4, -0.2) is 53.9 Å². The van der Waals surface area contributed by atoms with Gasteiger partial charge < -0.3 is 31.8 Å². The van der Waals surface area contributed by atoms with Crippen molar-refractivity contribution in [3.8, 4) is 12.3 Å². The number of hydrogen-bond acceptors (Lipinski definition) is 5. The molecule has 1 heterocycles. The largest absolute Gasteiger partial charge is 2.00 e. The van der Waals surface area contributed by atoms with Gasteiger partial charge in [-0.3, -0.25) is 4.79 Å². The smallest absolute Gasteiger partial charge is 0.377 e. The second-order valence-corrected chi connectivity index (χ2v) is 4.50. The van der Waals surface area contributed by atoms with Crippen molar-refractivity contribution < 1.29 is 35.3 Å². The molecule has 1 aromatic heterocycles. The van der Waals surface area contributed by atoms with Crippen LogP contribution in [0, 0.1) is 26.2 Å². The SMILES string of the molecule is C#C[CH2-].[CH2-]c1cn(CCOCCOCCNC(=O)CCC)nn1.[W+2]. The van der Waals surface area contributed by atoms with Crippen LogP contribution in [-0.2, 0) is 41.9 Å². The van der Waals surface area contributed by atoms with E-state index in [2.05, 4.69) is 35.9 Å². The van der Waals surface area contributed by atoms with E-state index in [1.165, 1.54) is 0 Å². The Labute approximate surface area is 159 Å². The molecule has 1 rings (SSSR count). The number of rotatable bonds is 11. The molecule has 24 heavy (non-hydrogen) atoms. The second kappa shape index (κ2) is 17.9. The number of hydrogen-bond donors (Lipinski definition) is 1. The van der Waals surface area contributed by atoms with E-state index in [1.54, 1.807) is 10.9 Å². The van der Waals surface area contributed by atoms with Crippen LogP contribution in [0.4, 0.5) is 0 Å². The number of ether oxygens (including phenoxy) is 2. The van der Waals surface area contributed by atoms with Crippen LogP contribution in [0.3, 0.4) is 0 Å². The van der Waals surface area contributed by atoms with Gasteiger partial charge in [0, 0.05) is 19.5 Å². The average molecular weight is 506 g/mol. The molecule has 7 nitrogen and oxygen atoms in total. The molecule has 0 fully saturated rings. The Hall–Kier alpha value is -1.48. The van der Waals surface area contributed by atoms with Crippen molar-refractivity contribution >= 4 is 5.91 Å². The summed E-state index contributed by atoms with van der Waals surface area (Å²) in [6, 6.07) is 0. The van der Waals surface area contributed by atoms with Crippen molar-refractivity contribution in [1.29, 1.82) is 0 Å². The molecule has 0 aliphatic heterocycles. The molecule has 0 saturated heterocycles. The van der Waals surface area contributed by atoms with Crippen molar-refractivity contribution in [2.45, 2.75) is 26.3 Å². The van der Waals surface area contributed by atoms with Crippen molar-refractivity contribution in [3.05, 3.63) is 25.7 Å². The standard InChI is InChI=1S/C13H23N4O3.C3H3.W/c1-3-4-13(18)14-5-7-19-9-10-20-8-6-17-11-12(2)15-16-17;1-3-2;/h11H,2-10H2,1H3,(H,14,18);1H,2H2;/q2*-1;+2. The van der Waals surface area contributed by atoms with Gasteiger partial charge >= 0.3 is 21.1 Å². The Morgan fingerprint density at radius 3 is 2.54 bits per heavy atom. The minimum atomic E-state index is 0. The van der Waals surface area contributed by atoms with Gasteiger partial charge in [-0.2, -0.15) is 12.0 Å². The van der Waals surface area contributed by atoms with Gasteiger partial charge in [0.15, 0.2) is 0 Å². The van der Waals surface area contributed by atoms with Gasteiger partial charge in [0.1, 0.15) is 0 Å². The molecule has 0 spiro atoms. The second-order valence-electron chi connectivity index (χ2n) is 4.50. The van der Waals surface area contributed by atoms with E-state index in [4.69, 9.17) is 9.47 Å². The van der Waals surface area contributed by atoms with Crippen LogP contribution in [0.5, 0.6) is 0 Å². The molecule has 0 aliphatic rings. The summed E-state index contributed by atoms with van der Waals surface area (Å²) in [6.45, 7) is 12.0. The number of nitrogens with zero attached hydrogens (tertiary/aromatic N) is 3. The molecule has 0 aromatic carbocycles. The number of carbonyl (C=O) groups is 1. The van der Waals surface area contributed by atoms with Gasteiger partial charge in [-0.1, -0.05) is 24.0 Å². The first-order valence-electron chi connectivity index (χ1n) is 7.51. The van der Waals surface area contributed by atoms with Crippen LogP contribution in [0.1, 0.15) is 25.5 Å². The molecule has 0 radical (unpaired) electrons. The number of carbonyl (C=O) groups excluding carboxylic acids is 1. The fraction of sp³-hybridized carbons (Fsp3) is 0.562. The number of nitrogens with one attached hydrogen (secondary N) is 1. The number of amides is 1. The fourth-order valence-electron chi connectivity index (χ4n) is 1.51. The van der Waals surface area contributed by atoms with Gasteiger partial charge in [0.25, 0.3) is 0 Å². The predicted molar refractivity (Wildman–Crippen MR) is 88.2 cm³/mol. The van der Waals surface area contributed by atoms with Crippen LogP contribution in [0.25, 0.3) is 0 Å². The Kier molecular flexibility index (Phi) is 18.4. The Morgan fingerprint density at radius 1 is 1.38 bits per heavy atom. The summed E-state index contributed by atoms with van der Waals surface area (Å²) in [4.78, 5) is 11.1. The van der Waals surface area contributed by atoms with Crippen molar-refractivity contribution in [2.75, 3.05) is 33.0 Å². The topological polar surface area (TPSA) is 78.3 Å². The zero-order chi connectivity index (χ0) is 17.3. The van der Waals surface area contributed by atoms with E-state index in [9.17, 15) is 4.79 Å². The van der Waals surface area contributed by atoms with Crippen molar-refractivity contribution in [1.82, 2.24) is 20.3 Å². The molecule has 1 N–H and O–H groups in total. The van der Waals surface area contributed by atoms with Crippen LogP contribution >= 0.6 is 0 Å². The molecule has 0 bridgehead atoms. The molecular formula is C16H26N4O3W. The first-order valence-corrected chi connectivity index (χ1v) is 7.51. The van der Waals surface area contributed by atoms with Gasteiger partial charge in [0.2, 0.25) is 5.91 Å². The third-order valence-corrected chi connectivity index (χ3v) is 2.47. The minimum absolute atomic E-state index is 0. The molecule has 134 valence electrons. The maximum absolute atomic E-state index is 11.1. The first-order chi connectivity index (χ1) is 11.1. The van der Waals surface area contributed by atoms with E-state index < -0.39 is 0 Å². The normalized spacial score (nSPS) is 9.17. The Balaban J connectivity index is 0.